The molecule has 1 aromatic rings. The zero-order chi connectivity index (χ0) is 13.5. The first-order valence-electron chi connectivity index (χ1n) is 5.79. The number of anilines is 1. The maximum absolute atomic E-state index is 11.8. The highest BCUT2D eigenvalue weighted by Gasteiger charge is 2.09. The zero-order valence-electron chi connectivity index (χ0n) is 11.1. The second kappa shape index (κ2) is 7.28. The van der Waals surface area contributed by atoms with Crippen LogP contribution in [0.1, 0.15) is 16.8 Å². The minimum atomic E-state index is -0.0300. The van der Waals surface area contributed by atoms with Crippen molar-refractivity contribution in [2.75, 3.05) is 39.3 Å². The maximum Gasteiger partial charge on any atom is 0.253 e. The topological polar surface area (TPSA) is 55.6 Å². The second-order valence-electron chi connectivity index (χ2n) is 4.15. The molecular weight excluding hydrogens is 248 g/mol. The summed E-state index contributed by atoms with van der Waals surface area (Å²) in [5.41, 5.74) is 7.23. The van der Waals surface area contributed by atoms with Gasteiger partial charge in [0.2, 0.25) is 0 Å². The molecule has 0 saturated heterocycles. The summed E-state index contributed by atoms with van der Waals surface area (Å²) < 4.78 is 4.99. The molecule has 0 bridgehead atoms. The molecule has 5 heteroatoms. The first-order valence-corrected chi connectivity index (χ1v) is 6.77. The number of amides is 1. The van der Waals surface area contributed by atoms with Crippen molar-refractivity contribution in [1.82, 2.24) is 4.90 Å². The Kier molecular flexibility index (Phi) is 6.01. The summed E-state index contributed by atoms with van der Waals surface area (Å²) in [7, 11) is 5.15. The molecule has 0 atom stereocenters. The van der Waals surface area contributed by atoms with Crippen molar-refractivity contribution in [3.63, 3.8) is 0 Å². The number of ether oxygens (including phenoxy) is 1. The molecule has 1 rings (SSSR count). The standard InChI is InChI=1S/C13H20N2O2S/c1-15(2)13(16)10-5-6-12(11(14)9-10)18-8-4-7-17-3/h5-6,9H,4,7-8,14H2,1-3H3. The molecule has 0 heterocycles. The first-order chi connectivity index (χ1) is 8.56. The van der Waals surface area contributed by atoms with Gasteiger partial charge in [-0.3, -0.25) is 4.79 Å². The van der Waals surface area contributed by atoms with Crippen LogP contribution < -0.4 is 5.73 Å². The van der Waals surface area contributed by atoms with Gasteiger partial charge in [-0.1, -0.05) is 0 Å². The molecule has 0 spiro atoms. The molecule has 0 aliphatic heterocycles. The molecule has 0 aliphatic carbocycles. The van der Waals surface area contributed by atoms with Gasteiger partial charge in [0.25, 0.3) is 5.91 Å². The van der Waals surface area contributed by atoms with Crippen molar-refractivity contribution in [2.24, 2.45) is 0 Å². The molecule has 1 aromatic carbocycles. The number of thioether (sulfide) groups is 1. The van der Waals surface area contributed by atoms with Gasteiger partial charge < -0.3 is 15.4 Å². The molecule has 0 aromatic heterocycles. The largest absolute Gasteiger partial charge is 0.398 e. The molecular formula is C13H20N2O2S. The highest BCUT2D eigenvalue weighted by molar-refractivity contribution is 7.99. The molecule has 4 nitrogen and oxygen atoms in total. The van der Waals surface area contributed by atoms with Crippen molar-refractivity contribution < 1.29 is 9.53 Å². The number of methoxy groups -OCH3 is 1. The van der Waals surface area contributed by atoms with Crippen LogP contribution in [0, 0.1) is 0 Å². The average molecular weight is 268 g/mol. The van der Waals surface area contributed by atoms with Crippen LogP contribution in [0.25, 0.3) is 0 Å². The van der Waals surface area contributed by atoms with Crippen molar-refractivity contribution in [3.05, 3.63) is 23.8 Å². The summed E-state index contributed by atoms with van der Waals surface area (Å²) in [5.74, 6) is 0.927. The van der Waals surface area contributed by atoms with E-state index in [2.05, 4.69) is 0 Å². The Labute approximate surface area is 112 Å². The smallest absolute Gasteiger partial charge is 0.253 e. The quantitative estimate of drug-likeness (QED) is 0.488. The van der Waals surface area contributed by atoms with Crippen LogP contribution in [-0.2, 0) is 4.74 Å². The minimum Gasteiger partial charge on any atom is -0.398 e. The Bertz CT molecular complexity index is 408. The monoisotopic (exact) mass is 268 g/mol. The van der Waals surface area contributed by atoms with Crippen LogP contribution in [0.15, 0.2) is 23.1 Å². The fraction of sp³-hybridized carbons (Fsp3) is 0.462. The predicted molar refractivity (Wildman–Crippen MR) is 76.1 cm³/mol. The number of hydrogen-bond acceptors (Lipinski definition) is 4. The first kappa shape index (κ1) is 14.9. The van der Waals surface area contributed by atoms with Crippen molar-refractivity contribution in [1.29, 1.82) is 0 Å². The van der Waals surface area contributed by atoms with Crippen LogP contribution in [0.2, 0.25) is 0 Å². The van der Waals surface area contributed by atoms with Gasteiger partial charge in [0.15, 0.2) is 0 Å². The van der Waals surface area contributed by atoms with Crippen molar-refractivity contribution in [3.8, 4) is 0 Å². The van der Waals surface area contributed by atoms with Gasteiger partial charge in [-0.2, -0.15) is 0 Å². The van der Waals surface area contributed by atoms with Gasteiger partial charge in [0.1, 0.15) is 0 Å². The Hall–Kier alpha value is -1.20. The third kappa shape index (κ3) is 4.23. The maximum atomic E-state index is 11.8. The van der Waals surface area contributed by atoms with Gasteiger partial charge in [-0.25, -0.2) is 0 Å². The molecule has 1 amide bonds. The molecule has 0 aliphatic rings. The van der Waals surface area contributed by atoms with Gasteiger partial charge >= 0.3 is 0 Å². The van der Waals surface area contributed by atoms with Gasteiger partial charge in [-0.05, 0) is 24.6 Å². The molecule has 0 radical (unpaired) electrons. The number of nitrogens with two attached hydrogens (primary N) is 1. The summed E-state index contributed by atoms with van der Waals surface area (Å²) in [5, 5.41) is 0. The van der Waals surface area contributed by atoms with E-state index in [1.54, 1.807) is 43.9 Å². The molecule has 0 saturated carbocycles. The fourth-order valence-corrected chi connectivity index (χ4v) is 2.33. The summed E-state index contributed by atoms with van der Waals surface area (Å²) in [6.07, 6.45) is 0.985. The predicted octanol–water partition coefficient (Wildman–Crippen LogP) is 2.10. The highest BCUT2D eigenvalue weighted by Crippen LogP contribution is 2.26. The lowest BCUT2D eigenvalue weighted by atomic mass is 10.2. The lowest BCUT2D eigenvalue weighted by molar-refractivity contribution is 0.0827. The Morgan fingerprint density at radius 1 is 1.44 bits per heavy atom. The Morgan fingerprint density at radius 3 is 2.72 bits per heavy atom. The van der Waals surface area contributed by atoms with E-state index in [9.17, 15) is 4.79 Å². The fourth-order valence-electron chi connectivity index (χ4n) is 1.46. The van der Waals surface area contributed by atoms with E-state index < -0.39 is 0 Å². The summed E-state index contributed by atoms with van der Waals surface area (Å²) in [6.45, 7) is 0.754. The Balaban J connectivity index is 2.65. The SMILES string of the molecule is COCCCSc1ccc(C(=O)N(C)C)cc1N. The van der Waals surface area contributed by atoms with Crippen LogP contribution >= 0.6 is 11.8 Å². The van der Waals surface area contributed by atoms with Crippen molar-refractivity contribution in [2.45, 2.75) is 11.3 Å². The number of carbonyl (C=O) groups is 1. The third-order valence-corrected chi connectivity index (χ3v) is 3.59. The van der Waals surface area contributed by atoms with E-state index in [4.69, 9.17) is 10.5 Å². The zero-order valence-corrected chi connectivity index (χ0v) is 11.9. The summed E-state index contributed by atoms with van der Waals surface area (Å²) in [4.78, 5) is 14.3. The van der Waals surface area contributed by atoms with Crippen LogP contribution in [0.3, 0.4) is 0 Å². The van der Waals surface area contributed by atoms with E-state index in [-0.39, 0.29) is 5.91 Å². The van der Waals surface area contributed by atoms with E-state index in [0.717, 1.165) is 23.7 Å². The molecule has 18 heavy (non-hydrogen) atoms. The summed E-state index contributed by atoms with van der Waals surface area (Å²) in [6, 6.07) is 5.46. The number of rotatable bonds is 6. The highest BCUT2D eigenvalue weighted by atomic mass is 32.2. The summed E-state index contributed by atoms with van der Waals surface area (Å²) >= 11 is 1.69. The lowest BCUT2D eigenvalue weighted by Gasteiger charge is -2.12. The van der Waals surface area contributed by atoms with Crippen molar-refractivity contribution >= 4 is 23.4 Å². The van der Waals surface area contributed by atoms with E-state index >= 15 is 0 Å². The number of nitrogen functional groups attached to an aromatic ring is 1. The third-order valence-electron chi connectivity index (χ3n) is 2.41. The van der Waals surface area contributed by atoms with E-state index in [1.165, 1.54) is 0 Å². The second-order valence-corrected chi connectivity index (χ2v) is 5.28. The van der Waals surface area contributed by atoms with Gasteiger partial charge in [0, 0.05) is 49.7 Å². The molecule has 0 fully saturated rings. The molecule has 100 valence electrons. The minimum absolute atomic E-state index is 0.0300. The lowest BCUT2D eigenvalue weighted by Crippen LogP contribution is -2.21. The van der Waals surface area contributed by atoms with Crippen LogP contribution in [-0.4, -0.2) is 44.4 Å². The van der Waals surface area contributed by atoms with Gasteiger partial charge in [0.05, 0.1) is 0 Å². The molecule has 2 N–H and O–H groups in total. The number of nitrogens with zero attached hydrogens (tertiary/aromatic N) is 1. The van der Waals surface area contributed by atoms with E-state index in [1.807, 2.05) is 12.1 Å². The number of hydrogen-bond donors (Lipinski definition) is 1. The van der Waals surface area contributed by atoms with E-state index in [0.29, 0.717) is 11.3 Å². The Morgan fingerprint density at radius 2 is 2.17 bits per heavy atom. The number of benzene rings is 1. The average Bonchev–Trinajstić information content (AvgIpc) is 2.35. The molecule has 0 unspecified atom stereocenters. The normalized spacial score (nSPS) is 10.4. The van der Waals surface area contributed by atoms with Crippen LogP contribution in [0.5, 0.6) is 0 Å². The van der Waals surface area contributed by atoms with Gasteiger partial charge in [-0.15, -0.1) is 11.8 Å². The van der Waals surface area contributed by atoms with Crippen LogP contribution in [0.4, 0.5) is 5.69 Å². The number of carbonyl (C=O) groups excluding carboxylic acids is 1.